The lowest BCUT2D eigenvalue weighted by molar-refractivity contribution is -0.129. The lowest BCUT2D eigenvalue weighted by Gasteiger charge is -2.21. The van der Waals surface area contributed by atoms with Crippen LogP contribution >= 0.6 is 23.4 Å². The largest absolute Gasteiger partial charge is 0.497 e. The lowest BCUT2D eigenvalue weighted by atomic mass is 10.1. The number of benzene rings is 2. The van der Waals surface area contributed by atoms with Crippen molar-refractivity contribution in [2.75, 3.05) is 13.7 Å². The normalized spacial score (nSPS) is 15.0. The molecule has 174 valence electrons. The molecule has 0 saturated heterocycles. The minimum atomic E-state index is -0.620. The Labute approximate surface area is 200 Å². The number of ether oxygens (including phenoxy) is 3. The Hall–Kier alpha value is -3.24. The van der Waals surface area contributed by atoms with Crippen LogP contribution in [0.5, 0.6) is 17.2 Å². The third-order valence-corrected chi connectivity index (χ3v) is 5.77. The van der Waals surface area contributed by atoms with Gasteiger partial charge in [0.2, 0.25) is 11.8 Å². The van der Waals surface area contributed by atoms with Gasteiger partial charge in [0.25, 0.3) is 0 Å². The fourth-order valence-electron chi connectivity index (χ4n) is 2.95. The van der Waals surface area contributed by atoms with Crippen molar-refractivity contribution in [3.05, 3.63) is 52.5 Å². The van der Waals surface area contributed by atoms with E-state index in [0.29, 0.717) is 16.9 Å². The van der Waals surface area contributed by atoms with Gasteiger partial charge in [0.15, 0.2) is 16.7 Å². The van der Waals surface area contributed by atoms with Crippen LogP contribution in [-0.2, 0) is 9.59 Å². The van der Waals surface area contributed by atoms with Gasteiger partial charge in [-0.05, 0) is 48.9 Å². The molecule has 1 aliphatic heterocycles. The zero-order chi connectivity index (χ0) is 24.1. The second kappa shape index (κ2) is 10.6. The van der Waals surface area contributed by atoms with E-state index in [2.05, 4.69) is 10.4 Å². The fraction of sp³-hybridized carbons (Fsp3) is 0.273. The van der Waals surface area contributed by atoms with Gasteiger partial charge in [-0.2, -0.15) is 0 Å². The Kier molecular flexibility index (Phi) is 7.83. The van der Waals surface area contributed by atoms with Gasteiger partial charge in [-0.3, -0.25) is 9.59 Å². The molecule has 0 unspecified atom stereocenters. The van der Waals surface area contributed by atoms with E-state index < -0.39 is 11.3 Å². The molecular formula is C22H22ClN3O6S. The van der Waals surface area contributed by atoms with Gasteiger partial charge in [0.05, 0.1) is 24.3 Å². The van der Waals surface area contributed by atoms with Crippen LogP contribution in [-0.4, -0.2) is 41.7 Å². The maximum absolute atomic E-state index is 12.7. The Morgan fingerprint density at radius 1 is 1.18 bits per heavy atom. The van der Waals surface area contributed by atoms with Gasteiger partial charge < -0.3 is 19.5 Å². The number of amidine groups is 1. The summed E-state index contributed by atoms with van der Waals surface area (Å²) in [4.78, 5) is 36.2. The highest BCUT2D eigenvalue weighted by Gasteiger charge is 2.34. The monoisotopic (exact) mass is 491 g/mol. The number of carbonyl (C=O) groups excluding carboxylic acids is 3. The predicted octanol–water partition coefficient (Wildman–Crippen LogP) is 3.97. The highest BCUT2D eigenvalue weighted by molar-refractivity contribution is 8.14. The maximum atomic E-state index is 12.7. The van der Waals surface area contributed by atoms with Gasteiger partial charge >= 0.3 is 5.97 Å². The molecule has 1 atom stereocenters. The quantitative estimate of drug-likeness (QED) is 0.481. The van der Waals surface area contributed by atoms with Crippen molar-refractivity contribution in [2.24, 2.45) is 5.10 Å². The van der Waals surface area contributed by atoms with E-state index in [9.17, 15) is 14.4 Å². The second-order valence-electron chi connectivity index (χ2n) is 6.80. The van der Waals surface area contributed by atoms with Crippen molar-refractivity contribution in [1.29, 1.82) is 0 Å². The zero-order valence-electron chi connectivity index (χ0n) is 18.4. The number of methoxy groups -OCH3 is 1. The molecule has 1 aliphatic rings. The van der Waals surface area contributed by atoms with Crippen molar-refractivity contribution < 1.29 is 28.6 Å². The zero-order valence-corrected chi connectivity index (χ0v) is 20.0. The Morgan fingerprint density at radius 3 is 2.45 bits per heavy atom. The molecule has 0 aliphatic carbocycles. The molecule has 1 heterocycles. The fourth-order valence-corrected chi connectivity index (χ4v) is 4.33. The lowest BCUT2D eigenvalue weighted by Crippen LogP contribution is -2.25. The molecule has 33 heavy (non-hydrogen) atoms. The highest BCUT2D eigenvalue weighted by atomic mass is 35.5. The van der Waals surface area contributed by atoms with Gasteiger partial charge in [-0.15, -0.1) is 5.10 Å². The number of hydrazone groups is 1. The van der Waals surface area contributed by atoms with Crippen LogP contribution in [0.3, 0.4) is 0 Å². The van der Waals surface area contributed by atoms with Gasteiger partial charge in [-0.1, -0.05) is 23.4 Å². The Morgan fingerprint density at radius 2 is 1.88 bits per heavy atom. The summed E-state index contributed by atoms with van der Waals surface area (Å²) in [5, 5.41) is 7.80. The van der Waals surface area contributed by atoms with Crippen molar-refractivity contribution in [3.8, 4) is 17.2 Å². The molecule has 9 nitrogen and oxygen atoms in total. The van der Waals surface area contributed by atoms with Crippen LogP contribution in [0.1, 0.15) is 42.1 Å². The number of amides is 2. The van der Waals surface area contributed by atoms with Crippen LogP contribution < -0.4 is 19.5 Å². The SMILES string of the molecule is CCOc1cc([C@H]2SC(NC(C)=O)=NN2C(C)=O)cc(Cl)c1OC(=O)c1ccc(OC)cc1. The smallest absolute Gasteiger partial charge is 0.343 e. The molecule has 0 spiro atoms. The molecule has 0 fully saturated rings. The number of halogens is 1. The number of esters is 1. The number of nitrogens with one attached hydrogen (secondary N) is 1. The predicted molar refractivity (Wildman–Crippen MR) is 125 cm³/mol. The third-order valence-electron chi connectivity index (χ3n) is 4.39. The number of rotatable bonds is 6. The summed E-state index contributed by atoms with van der Waals surface area (Å²) in [5.74, 6) is -0.349. The topological polar surface area (TPSA) is 107 Å². The summed E-state index contributed by atoms with van der Waals surface area (Å²) < 4.78 is 16.3. The summed E-state index contributed by atoms with van der Waals surface area (Å²) in [6, 6.07) is 9.64. The number of thioether (sulfide) groups is 1. The molecule has 3 rings (SSSR count). The summed E-state index contributed by atoms with van der Waals surface area (Å²) in [6.07, 6.45) is 0. The summed E-state index contributed by atoms with van der Waals surface area (Å²) in [6.45, 7) is 4.78. The molecule has 0 aromatic heterocycles. The minimum absolute atomic E-state index is 0.0588. The summed E-state index contributed by atoms with van der Waals surface area (Å²) in [5.41, 5.74) is 0.887. The van der Waals surface area contributed by atoms with Crippen LogP contribution in [0.2, 0.25) is 5.02 Å². The molecule has 2 aromatic rings. The van der Waals surface area contributed by atoms with E-state index in [0.717, 1.165) is 0 Å². The number of hydrogen-bond acceptors (Lipinski definition) is 8. The van der Waals surface area contributed by atoms with Gasteiger partial charge in [-0.25, -0.2) is 9.80 Å². The first kappa shape index (κ1) is 24.4. The molecular weight excluding hydrogens is 470 g/mol. The number of hydrogen-bond donors (Lipinski definition) is 1. The molecule has 2 aromatic carbocycles. The standard InChI is InChI=1S/C22H22ClN3O6S/c1-5-31-18-11-15(20-26(13(3)28)25-22(33-20)24-12(2)27)10-17(23)19(18)32-21(29)14-6-8-16(30-4)9-7-14/h6-11,20H,5H2,1-4H3,(H,24,25,27)/t20-/m1/s1. The minimum Gasteiger partial charge on any atom is -0.497 e. The third kappa shape index (κ3) is 5.77. The molecule has 0 bridgehead atoms. The first-order valence-electron chi connectivity index (χ1n) is 9.88. The van der Waals surface area contributed by atoms with E-state index in [-0.39, 0.29) is 40.1 Å². The Balaban J connectivity index is 1.91. The first-order chi connectivity index (χ1) is 15.7. The van der Waals surface area contributed by atoms with Gasteiger partial charge in [0.1, 0.15) is 11.1 Å². The van der Waals surface area contributed by atoms with E-state index >= 15 is 0 Å². The van der Waals surface area contributed by atoms with Crippen molar-refractivity contribution in [2.45, 2.75) is 26.1 Å². The van der Waals surface area contributed by atoms with Crippen LogP contribution in [0.15, 0.2) is 41.5 Å². The molecule has 0 radical (unpaired) electrons. The van der Waals surface area contributed by atoms with E-state index in [1.165, 1.54) is 37.7 Å². The van der Waals surface area contributed by atoms with Crippen molar-refractivity contribution in [1.82, 2.24) is 10.3 Å². The average Bonchev–Trinajstić information content (AvgIpc) is 3.19. The molecule has 2 amide bonds. The van der Waals surface area contributed by atoms with Crippen LogP contribution in [0.25, 0.3) is 0 Å². The average molecular weight is 492 g/mol. The van der Waals surface area contributed by atoms with Gasteiger partial charge in [0, 0.05) is 13.8 Å². The first-order valence-corrected chi connectivity index (χ1v) is 11.1. The summed E-state index contributed by atoms with van der Waals surface area (Å²) >= 11 is 7.65. The van der Waals surface area contributed by atoms with Crippen LogP contribution in [0, 0.1) is 0 Å². The summed E-state index contributed by atoms with van der Waals surface area (Å²) in [7, 11) is 1.53. The van der Waals surface area contributed by atoms with E-state index in [1.807, 2.05) is 0 Å². The molecule has 1 N–H and O–H groups in total. The number of nitrogens with zero attached hydrogens (tertiary/aromatic N) is 2. The van der Waals surface area contributed by atoms with E-state index in [4.69, 9.17) is 25.8 Å². The Bertz CT molecular complexity index is 1110. The molecule has 11 heteroatoms. The highest BCUT2D eigenvalue weighted by Crippen LogP contribution is 2.45. The van der Waals surface area contributed by atoms with Crippen molar-refractivity contribution >= 4 is 46.3 Å². The second-order valence-corrected chi connectivity index (χ2v) is 8.28. The van der Waals surface area contributed by atoms with Crippen LogP contribution in [0.4, 0.5) is 0 Å². The maximum Gasteiger partial charge on any atom is 0.343 e. The van der Waals surface area contributed by atoms with Crippen molar-refractivity contribution in [3.63, 3.8) is 0 Å². The molecule has 0 saturated carbocycles. The van der Waals surface area contributed by atoms with E-state index in [1.54, 1.807) is 43.3 Å². The number of carbonyl (C=O) groups is 3.